The maximum Gasteiger partial charge on any atom is 0.338 e. The van der Waals surface area contributed by atoms with Crippen LogP contribution in [0.5, 0.6) is 0 Å². The summed E-state index contributed by atoms with van der Waals surface area (Å²) >= 11 is 2.34. The van der Waals surface area contributed by atoms with E-state index in [2.05, 4.69) is 29.5 Å². The van der Waals surface area contributed by atoms with Gasteiger partial charge in [-0.2, -0.15) is 0 Å². The smallest absolute Gasteiger partial charge is 0.338 e. The first-order chi connectivity index (χ1) is 10.6. The molecule has 0 spiro atoms. The summed E-state index contributed by atoms with van der Waals surface area (Å²) in [6.45, 7) is 3.37. The summed E-state index contributed by atoms with van der Waals surface area (Å²) in [5, 5.41) is 0. The van der Waals surface area contributed by atoms with Crippen molar-refractivity contribution < 1.29 is 14.3 Å². The van der Waals surface area contributed by atoms with Crippen LogP contribution in [0.25, 0.3) is 0 Å². The molecule has 0 N–H and O–H groups in total. The highest BCUT2D eigenvalue weighted by molar-refractivity contribution is 14.1. The number of benzene rings is 1. The lowest BCUT2D eigenvalue weighted by Gasteiger charge is -2.33. The zero-order chi connectivity index (χ0) is 15.8. The Labute approximate surface area is 146 Å². The Kier molecular flexibility index (Phi) is 7.15. The largest absolute Gasteiger partial charge is 0.456 e. The predicted octanol–water partition coefficient (Wildman–Crippen LogP) is 4.91. The highest BCUT2D eigenvalue weighted by Crippen LogP contribution is 2.31. The molecule has 1 saturated carbocycles. The average molecular weight is 416 g/mol. The number of esters is 1. The van der Waals surface area contributed by atoms with Gasteiger partial charge in [-0.15, -0.1) is 0 Å². The summed E-state index contributed by atoms with van der Waals surface area (Å²) in [6.07, 6.45) is 6.54. The van der Waals surface area contributed by atoms with Crippen LogP contribution in [0.2, 0.25) is 0 Å². The topological polar surface area (TPSA) is 35.5 Å². The minimum absolute atomic E-state index is 0.210. The molecular weight excluding hydrogens is 391 g/mol. The van der Waals surface area contributed by atoms with Crippen LogP contribution in [0.1, 0.15) is 61.4 Å². The van der Waals surface area contributed by atoms with Crippen LogP contribution in [0.15, 0.2) is 24.3 Å². The molecule has 1 aliphatic carbocycles. The van der Waals surface area contributed by atoms with Gasteiger partial charge in [-0.1, -0.05) is 41.1 Å². The van der Waals surface area contributed by atoms with Crippen molar-refractivity contribution in [3.8, 4) is 0 Å². The maximum absolute atomic E-state index is 12.4. The summed E-state index contributed by atoms with van der Waals surface area (Å²) in [4.78, 5) is 12.4. The van der Waals surface area contributed by atoms with Crippen LogP contribution in [0.4, 0.5) is 0 Å². The van der Waals surface area contributed by atoms with E-state index >= 15 is 0 Å². The van der Waals surface area contributed by atoms with Crippen LogP contribution in [-0.4, -0.2) is 22.6 Å². The summed E-state index contributed by atoms with van der Waals surface area (Å²) < 4.78 is 12.5. The Morgan fingerprint density at radius 3 is 2.77 bits per heavy atom. The molecule has 1 aliphatic rings. The first kappa shape index (κ1) is 17.7. The third kappa shape index (κ3) is 5.54. The van der Waals surface area contributed by atoms with E-state index in [1.54, 1.807) is 0 Å². The molecule has 0 saturated heterocycles. The van der Waals surface area contributed by atoms with E-state index in [4.69, 9.17) is 9.47 Å². The fourth-order valence-corrected chi connectivity index (χ4v) is 3.13. The molecule has 22 heavy (non-hydrogen) atoms. The second-order valence-electron chi connectivity index (χ2n) is 6.20. The summed E-state index contributed by atoms with van der Waals surface area (Å²) in [5.41, 5.74) is 1.36. The zero-order valence-corrected chi connectivity index (χ0v) is 15.4. The standard InChI is InChI=1S/C18H25IO3/c1-18(9-3-2-4-10-18)22-17(20)16-8-5-7-15(13-16)14-21-12-6-11-19/h5,7-8,13H,2-4,6,9-12,14H2,1H3. The molecule has 1 aromatic carbocycles. The third-order valence-corrected chi connectivity index (χ3v) is 4.87. The van der Waals surface area contributed by atoms with Crippen molar-refractivity contribution in [2.75, 3.05) is 11.0 Å². The quantitative estimate of drug-likeness (QED) is 0.274. The van der Waals surface area contributed by atoms with Gasteiger partial charge in [0.05, 0.1) is 12.2 Å². The van der Waals surface area contributed by atoms with Crippen molar-refractivity contribution in [2.24, 2.45) is 0 Å². The monoisotopic (exact) mass is 416 g/mol. The highest BCUT2D eigenvalue weighted by atomic mass is 127. The fourth-order valence-electron chi connectivity index (χ4n) is 2.82. The highest BCUT2D eigenvalue weighted by Gasteiger charge is 2.31. The number of rotatable bonds is 7. The van der Waals surface area contributed by atoms with Gasteiger partial charge in [-0.05, 0) is 56.7 Å². The van der Waals surface area contributed by atoms with Crippen LogP contribution >= 0.6 is 22.6 Å². The molecule has 2 rings (SSSR count). The van der Waals surface area contributed by atoms with Crippen LogP contribution < -0.4 is 0 Å². The average Bonchev–Trinajstić information content (AvgIpc) is 2.52. The Hall–Kier alpha value is -0.620. The van der Waals surface area contributed by atoms with Gasteiger partial charge >= 0.3 is 5.97 Å². The minimum atomic E-state index is -0.290. The Balaban J connectivity index is 1.91. The summed E-state index contributed by atoms with van der Waals surface area (Å²) in [5.74, 6) is -0.210. The number of carbonyl (C=O) groups is 1. The fraction of sp³-hybridized carbons (Fsp3) is 0.611. The summed E-state index contributed by atoms with van der Waals surface area (Å²) in [7, 11) is 0. The first-order valence-corrected chi connectivity index (χ1v) is 9.61. The number of carbonyl (C=O) groups excluding carboxylic acids is 1. The van der Waals surface area contributed by atoms with Gasteiger partial charge in [-0.25, -0.2) is 4.79 Å². The van der Waals surface area contributed by atoms with Crippen molar-refractivity contribution in [3.63, 3.8) is 0 Å². The first-order valence-electron chi connectivity index (χ1n) is 8.09. The van der Waals surface area contributed by atoms with Crippen molar-refractivity contribution in [2.45, 2.75) is 57.7 Å². The second kappa shape index (κ2) is 8.87. The van der Waals surface area contributed by atoms with Crippen molar-refractivity contribution in [1.29, 1.82) is 0 Å². The molecule has 3 nitrogen and oxygen atoms in total. The molecule has 0 radical (unpaired) electrons. The van der Waals surface area contributed by atoms with Crippen LogP contribution in [-0.2, 0) is 16.1 Å². The zero-order valence-electron chi connectivity index (χ0n) is 13.3. The van der Waals surface area contributed by atoms with E-state index in [-0.39, 0.29) is 11.6 Å². The van der Waals surface area contributed by atoms with E-state index in [0.29, 0.717) is 12.2 Å². The molecule has 1 aromatic rings. The maximum atomic E-state index is 12.4. The summed E-state index contributed by atoms with van der Waals surface area (Å²) in [6, 6.07) is 7.60. The lowest BCUT2D eigenvalue weighted by atomic mass is 9.86. The molecule has 4 heteroatoms. The molecule has 0 aliphatic heterocycles. The molecule has 0 unspecified atom stereocenters. The molecule has 0 atom stereocenters. The Bertz CT molecular complexity index is 481. The third-order valence-electron chi connectivity index (χ3n) is 4.10. The number of alkyl halides is 1. The molecule has 122 valence electrons. The van der Waals surface area contributed by atoms with Crippen LogP contribution in [0.3, 0.4) is 0 Å². The van der Waals surface area contributed by atoms with Gasteiger partial charge in [-0.3, -0.25) is 0 Å². The van der Waals surface area contributed by atoms with Gasteiger partial charge in [0.1, 0.15) is 5.60 Å². The molecule has 1 fully saturated rings. The van der Waals surface area contributed by atoms with Gasteiger partial charge in [0, 0.05) is 11.0 Å². The lowest BCUT2D eigenvalue weighted by molar-refractivity contribution is -0.0269. The van der Waals surface area contributed by atoms with Crippen LogP contribution in [0, 0.1) is 0 Å². The minimum Gasteiger partial charge on any atom is -0.456 e. The van der Waals surface area contributed by atoms with Gasteiger partial charge in [0.25, 0.3) is 0 Å². The number of hydrogen-bond donors (Lipinski definition) is 0. The molecule has 0 bridgehead atoms. The number of hydrogen-bond acceptors (Lipinski definition) is 3. The Morgan fingerprint density at radius 1 is 1.27 bits per heavy atom. The number of halogens is 1. The van der Waals surface area contributed by atoms with E-state index in [0.717, 1.165) is 48.7 Å². The van der Waals surface area contributed by atoms with Gasteiger partial charge < -0.3 is 9.47 Å². The number of ether oxygens (including phenoxy) is 2. The molecule has 0 amide bonds. The Morgan fingerprint density at radius 2 is 2.05 bits per heavy atom. The predicted molar refractivity (Wildman–Crippen MR) is 96.5 cm³/mol. The lowest BCUT2D eigenvalue weighted by Crippen LogP contribution is -2.33. The normalized spacial score (nSPS) is 17.2. The van der Waals surface area contributed by atoms with Crippen molar-refractivity contribution >= 4 is 28.6 Å². The van der Waals surface area contributed by atoms with E-state index < -0.39 is 0 Å². The molecular formula is C18H25IO3. The van der Waals surface area contributed by atoms with Gasteiger partial charge in [0.15, 0.2) is 0 Å². The van der Waals surface area contributed by atoms with E-state index in [9.17, 15) is 4.79 Å². The molecule has 0 aromatic heterocycles. The van der Waals surface area contributed by atoms with E-state index in [1.807, 2.05) is 24.3 Å². The molecule has 0 heterocycles. The van der Waals surface area contributed by atoms with E-state index in [1.165, 1.54) is 6.42 Å². The van der Waals surface area contributed by atoms with Gasteiger partial charge in [0.2, 0.25) is 0 Å². The van der Waals surface area contributed by atoms with Crippen molar-refractivity contribution in [3.05, 3.63) is 35.4 Å². The van der Waals surface area contributed by atoms with Crippen molar-refractivity contribution in [1.82, 2.24) is 0 Å². The second-order valence-corrected chi connectivity index (χ2v) is 7.27. The SMILES string of the molecule is CC1(OC(=O)c2cccc(COCCCI)c2)CCCCC1.